The summed E-state index contributed by atoms with van der Waals surface area (Å²) in [5, 5.41) is 2.93. The number of piperidine rings is 1. The normalized spacial score (nSPS) is 16.6. The molecular weight excluding hydrogens is 432 g/mol. The monoisotopic (exact) mass is 468 g/mol. The lowest BCUT2D eigenvalue weighted by Gasteiger charge is -2.33. The van der Waals surface area contributed by atoms with Crippen LogP contribution >= 0.6 is 0 Å². The predicted molar refractivity (Wildman–Crippen MR) is 122 cm³/mol. The van der Waals surface area contributed by atoms with Gasteiger partial charge in [-0.15, -0.1) is 0 Å². The molecule has 0 aliphatic carbocycles. The third-order valence-electron chi connectivity index (χ3n) is 5.34. The summed E-state index contributed by atoms with van der Waals surface area (Å²) in [4.78, 5) is 26.4. The Morgan fingerprint density at radius 1 is 1.16 bits per heavy atom. The molecule has 1 N–H and O–H groups in total. The summed E-state index contributed by atoms with van der Waals surface area (Å²) in [6.45, 7) is 10.3. The number of nitrogens with zero attached hydrogens (tertiary/aromatic N) is 1. The van der Waals surface area contributed by atoms with Gasteiger partial charge in [0.1, 0.15) is 5.60 Å². The van der Waals surface area contributed by atoms with Gasteiger partial charge in [0.2, 0.25) is 5.91 Å². The molecule has 1 amide bonds. The Hall–Kier alpha value is -1.97. The molecule has 0 saturated carbocycles. The number of aryl methyl sites for hydroxylation is 1. The number of amides is 1. The second kappa shape index (κ2) is 11.2. The molecule has 1 aromatic carbocycles. The first kappa shape index (κ1) is 26.3. The van der Waals surface area contributed by atoms with Crippen molar-refractivity contribution in [2.45, 2.75) is 70.4 Å². The van der Waals surface area contributed by atoms with Gasteiger partial charge in [-0.05, 0) is 71.9 Å². The van der Waals surface area contributed by atoms with Gasteiger partial charge in [0.15, 0.2) is 0 Å². The third-order valence-corrected chi connectivity index (χ3v) is 6.67. The number of rotatable bonds is 9. The zero-order chi connectivity index (χ0) is 23.9. The van der Waals surface area contributed by atoms with Crippen molar-refractivity contribution in [2.75, 3.05) is 26.2 Å². The fourth-order valence-corrected chi connectivity index (χ4v) is 4.44. The van der Waals surface area contributed by atoms with E-state index in [9.17, 15) is 18.0 Å². The number of benzene rings is 1. The Morgan fingerprint density at radius 3 is 2.31 bits per heavy atom. The van der Waals surface area contributed by atoms with E-state index in [1.54, 1.807) is 56.9 Å². The maximum atomic E-state index is 12.6. The summed E-state index contributed by atoms with van der Waals surface area (Å²) < 4.78 is 35.0. The minimum atomic E-state index is -3.75. The molecule has 1 saturated heterocycles. The Balaban J connectivity index is 1.70. The fraction of sp³-hybridized carbons (Fsp3) is 0.652. The van der Waals surface area contributed by atoms with Crippen LogP contribution < -0.4 is 5.32 Å². The molecular formula is C23H36N2O6S. The van der Waals surface area contributed by atoms with E-state index in [4.69, 9.17) is 8.92 Å². The Kier molecular flexibility index (Phi) is 9.24. The number of likely N-dealkylation sites (tertiary alicyclic amines) is 1. The largest absolute Gasteiger partial charge is 0.459 e. The van der Waals surface area contributed by atoms with Gasteiger partial charge in [0.05, 0.1) is 24.1 Å². The van der Waals surface area contributed by atoms with Crippen LogP contribution in [-0.4, -0.2) is 63.1 Å². The summed E-state index contributed by atoms with van der Waals surface area (Å²) in [6, 6.07) is 6.10. The lowest BCUT2D eigenvalue weighted by Crippen LogP contribution is -2.49. The van der Waals surface area contributed by atoms with E-state index < -0.39 is 27.7 Å². The minimum Gasteiger partial charge on any atom is -0.459 e. The molecule has 1 aromatic rings. The first-order chi connectivity index (χ1) is 14.9. The average molecular weight is 469 g/mol. The van der Waals surface area contributed by atoms with Crippen LogP contribution in [0.3, 0.4) is 0 Å². The molecule has 0 aromatic heterocycles. The van der Waals surface area contributed by atoms with Crippen molar-refractivity contribution < 1.29 is 26.9 Å². The summed E-state index contributed by atoms with van der Waals surface area (Å²) in [7, 11) is -3.75. The van der Waals surface area contributed by atoms with Crippen molar-refractivity contribution in [3.05, 3.63) is 29.8 Å². The molecule has 180 valence electrons. The van der Waals surface area contributed by atoms with Gasteiger partial charge in [0, 0.05) is 13.1 Å². The van der Waals surface area contributed by atoms with Gasteiger partial charge < -0.3 is 9.64 Å². The lowest BCUT2D eigenvalue weighted by molar-refractivity contribution is -0.153. The standard InChI is InChI=1S/C23H36N2O6S/c1-17-6-8-20(9-7-17)32(28,29)30-15-12-19-10-13-25(14-11-19)22(27)18(2)24-16-21(26)31-23(3,4)5/h6-9,18-19,24H,10-16H2,1-5H3/t18-/m1/s1. The molecule has 8 nitrogen and oxygen atoms in total. The van der Waals surface area contributed by atoms with Gasteiger partial charge in [-0.2, -0.15) is 8.42 Å². The molecule has 9 heteroatoms. The number of nitrogens with one attached hydrogen (secondary N) is 1. The lowest BCUT2D eigenvalue weighted by atomic mass is 9.93. The summed E-state index contributed by atoms with van der Waals surface area (Å²) in [5.41, 5.74) is 0.427. The van der Waals surface area contributed by atoms with Crippen molar-refractivity contribution in [1.29, 1.82) is 0 Å². The Bertz CT molecular complexity index is 869. The number of ether oxygens (including phenoxy) is 1. The van der Waals surface area contributed by atoms with Crippen molar-refractivity contribution in [3.63, 3.8) is 0 Å². The average Bonchev–Trinajstić information content (AvgIpc) is 2.71. The van der Waals surface area contributed by atoms with Gasteiger partial charge in [0.25, 0.3) is 10.1 Å². The van der Waals surface area contributed by atoms with E-state index in [1.807, 2.05) is 6.92 Å². The van der Waals surface area contributed by atoms with Crippen LogP contribution in [0.25, 0.3) is 0 Å². The highest BCUT2D eigenvalue weighted by Gasteiger charge is 2.27. The molecule has 1 aliphatic heterocycles. The van der Waals surface area contributed by atoms with Gasteiger partial charge in [-0.25, -0.2) is 0 Å². The Labute approximate surface area is 191 Å². The second-order valence-electron chi connectivity index (χ2n) is 9.34. The minimum absolute atomic E-state index is 0.0204. The Morgan fingerprint density at radius 2 is 1.75 bits per heavy atom. The third kappa shape index (κ3) is 8.52. The van der Waals surface area contributed by atoms with E-state index in [0.717, 1.165) is 18.4 Å². The smallest absolute Gasteiger partial charge is 0.320 e. The van der Waals surface area contributed by atoms with Crippen LogP contribution in [0.2, 0.25) is 0 Å². The van der Waals surface area contributed by atoms with Crippen molar-refractivity contribution >= 4 is 22.0 Å². The van der Waals surface area contributed by atoms with E-state index in [2.05, 4.69) is 5.32 Å². The van der Waals surface area contributed by atoms with E-state index in [1.165, 1.54) is 0 Å². The molecule has 0 spiro atoms. The molecule has 2 rings (SSSR count). The molecule has 1 fully saturated rings. The van der Waals surface area contributed by atoms with Crippen LogP contribution in [0.15, 0.2) is 29.2 Å². The maximum absolute atomic E-state index is 12.6. The highest BCUT2D eigenvalue weighted by atomic mass is 32.2. The molecule has 1 atom stereocenters. The first-order valence-corrected chi connectivity index (χ1v) is 12.5. The number of esters is 1. The van der Waals surface area contributed by atoms with Crippen molar-refractivity contribution in [1.82, 2.24) is 10.2 Å². The molecule has 0 bridgehead atoms. The van der Waals surface area contributed by atoms with Crippen LogP contribution in [0.1, 0.15) is 52.5 Å². The number of hydrogen-bond donors (Lipinski definition) is 1. The summed E-state index contributed by atoms with van der Waals surface area (Å²) in [6.07, 6.45) is 2.20. The van der Waals surface area contributed by atoms with Crippen molar-refractivity contribution in [3.8, 4) is 0 Å². The number of carbonyl (C=O) groups is 2. The van der Waals surface area contributed by atoms with Gasteiger partial charge in [-0.3, -0.25) is 19.1 Å². The molecule has 32 heavy (non-hydrogen) atoms. The highest BCUT2D eigenvalue weighted by molar-refractivity contribution is 7.86. The van der Waals surface area contributed by atoms with Crippen LogP contribution in [0, 0.1) is 12.8 Å². The van der Waals surface area contributed by atoms with E-state index >= 15 is 0 Å². The number of carbonyl (C=O) groups excluding carboxylic acids is 2. The van der Waals surface area contributed by atoms with Gasteiger partial charge >= 0.3 is 5.97 Å². The zero-order valence-corrected chi connectivity index (χ0v) is 20.5. The molecule has 1 aliphatic rings. The summed E-state index contributed by atoms with van der Waals surface area (Å²) >= 11 is 0. The van der Waals surface area contributed by atoms with Crippen molar-refractivity contribution in [2.24, 2.45) is 5.92 Å². The van der Waals surface area contributed by atoms with Crippen LogP contribution in [0.4, 0.5) is 0 Å². The SMILES string of the molecule is Cc1ccc(S(=O)(=O)OCCC2CCN(C(=O)[C@@H](C)NCC(=O)OC(C)(C)C)CC2)cc1. The van der Waals surface area contributed by atoms with E-state index in [-0.39, 0.29) is 24.0 Å². The van der Waals surface area contributed by atoms with Crippen LogP contribution in [0.5, 0.6) is 0 Å². The quantitative estimate of drug-likeness (QED) is 0.439. The highest BCUT2D eigenvalue weighted by Crippen LogP contribution is 2.22. The van der Waals surface area contributed by atoms with E-state index in [0.29, 0.717) is 25.4 Å². The fourth-order valence-electron chi connectivity index (χ4n) is 3.51. The van der Waals surface area contributed by atoms with Gasteiger partial charge in [-0.1, -0.05) is 17.7 Å². The molecule has 0 radical (unpaired) electrons. The van der Waals surface area contributed by atoms with Crippen LogP contribution in [-0.2, 0) is 28.6 Å². The topological polar surface area (TPSA) is 102 Å². The maximum Gasteiger partial charge on any atom is 0.320 e. The zero-order valence-electron chi connectivity index (χ0n) is 19.7. The second-order valence-corrected chi connectivity index (χ2v) is 11.0. The molecule has 1 heterocycles. The first-order valence-electron chi connectivity index (χ1n) is 11.1. The summed E-state index contributed by atoms with van der Waals surface area (Å²) in [5.74, 6) is -0.140. The molecule has 0 unspecified atom stereocenters. The predicted octanol–water partition coefficient (Wildman–Crippen LogP) is 2.65. The number of hydrogen-bond acceptors (Lipinski definition) is 7.